The van der Waals surface area contributed by atoms with Crippen LogP contribution >= 0.6 is 11.3 Å². The zero-order chi connectivity index (χ0) is 17.5. The summed E-state index contributed by atoms with van der Waals surface area (Å²) >= 11 is 1.33. The van der Waals surface area contributed by atoms with Crippen molar-refractivity contribution in [2.24, 2.45) is 0 Å². The molecule has 8 heteroatoms. The first-order valence-corrected chi connectivity index (χ1v) is 8.11. The van der Waals surface area contributed by atoms with Crippen molar-refractivity contribution in [3.8, 4) is 0 Å². The molecule has 1 heterocycles. The summed E-state index contributed by atoms with van der Waals surface area (Å²) in [6.45, 7) is -0.0240. The molecule has 1 aromatic heterocycles. The molecule has 24 heavy (non-hydrogen) atoms. The fourth-order valence-electron chi connectivity index (χ4n) is 2.02. The SMILES string of the molecule is O=C(CCC(=O)c1cccs1)NCC(O)c1ccc([N+](=O)[O-])cc1. The van der Waals surface area contributed by atoms with E-state index in [0.717, 1.165) is 0 Å². The monoisotopic (exact) mass is 348 g/mol. The van der Waals surface area contributed by atoms with Gasteiger partial charge in [0.25, 0.3) is 5.69 Å². The predicted octanol–water partition coefficient (Wildman–Crippen LogP) is 2.47. The highest BCUT2D eigenvalue weighted by Crippen LogP contribution is 2.17. The van der Waals surface area contributed by atoms with Crippen LogP contribution in [0.5, 0.6) is 0 Å². The van der Waals surface area contributed by atoms with Crippen LogP contribution in [0.2, 0.25) is 0 Å². The van der Waals surface area contributed by atoms with Crippen LogP contribution in [0, 0.1) is 10.1 Å². The van der Waals surface area contributed by atoms with E-state index in [9.17, 15) is 24.8 Å². The van der Waals surface area contributed by atoms with E-state index >= 15 is 0 Å². The van der Waals surface area contributed by atoms with E-state index < -0.39 is 11.0 Å². The summed E-state index contributed by atoms with van der Waals surface area (Å²) in [5.41, 5.74) is 0.401. The number of amides is 1. The van der Waals surface area contributed by atoms with Gasteiger partial charge in [0.05, 0.1) is 15.9 Å². The molecule has 0 aliphatic carbocycles. The molecule has 0 radical (unpaired) electrons. The molecular formula is C16H16N2O5S. The molecule has 7 nitrogen and oxygen atoms in total. The van der Waals surface area contributed by atoms with Gasteiger partial charge in [-0.25, -0.2) is 0 Å². The summed E-state index contributed by atoms with van der Waals surface area (Å²) in [6.07, 6.45) is -0.813. The Hall–Kier alpha value is -2.58. The first kappa shape index (κ1) is 17.8. The number of rotatable bonds is 8. The molecule has 2 aromatic rings. The number of thiophene rings is 1. The Morgan fingerprint density at radius 3 is 2.50 bits per heavy atom. The highest BCUT2D eigenvalue weighted by Gasteiger charge is 2.13. The highest BCUT2D eigenvalue weighted by atomic mass is 32.1. The van der Waals surface area contributed by atoms with Crippen LogP contribution in [-0.2, 0) is 4.79 Å². The van der Waals surface area contributed by atoms with Gasteiger partial charge in [0.2, 0.25) is 5.91 Å². The smallest absolute Gasteiger partial charge is 0.269 e. The van der Waals surface area contributed by atoms with Crippen molar-refractivity contribution >= 4 is 28.7 Å². The van der Waals surface area contributed by atoms with E-state index in [1.807, 2.05) is 0 Å². The molecule has 1 atom stereocenters. The topological polar surface area (TPSA) is 110 Å². The molecule has 0 fully saturated rings. The molecule has 0 bridgehead atoms. The van der Waals surface area contributed by atoms with Gasteiger partial charge in [0, 0.05) is 31.5 Å². The first-order chi connectivity index (χ1) is 11.5. The van der Waals surface area contributed by atoms with Gasteiger partial charge in [-0.15, -0.1) is 11.3 Å². The number of nitrogens with zero attached hydrogens (tertiary/aromatic N) is 1. The van der Waals surface area contributed by atoms with Crippen LogP contribution < -0.4 is 5.32 Å². The molecule has 2 rings (SSSR count). The molecule has 0 saturated heterocycles. The lowest BCUT2D eigenvalue weighted by Crippen LogP contribution is -2.28. The van der Waals surface area contributed by atoms with Crippen molar-refractivity contribution in [3.05, 3.63) is 62.3 Å². The van der Waals surface area contributed by atoms with Gasteiger partial charge in [-0.3, -0.25) is 19.7 Å². The van der Waals surface area contributed by atoms with Crippen molar-refractivity contribution in [2.75, 3.05) is 6.54 Å². The number of hydrogen-bond acceptors (Lipinski definition) is 6. The molecule has 126 valence electrons. The summed E-state index contributed by atoms with van der Waals surface area (Å²) < 4.78 is 0. The van der Waals surface area contributed by atoms with Crippen molar-refractivity contribution < 1.29 is 19.6 Å². The number of benzene rings is 1. The largest absolute Gasteiger partial charge is 0.387 e. The summed E-state index contributed by atoms with van der Waals surface area (Å²) in [4.78, 5) is 34.2. The van der Waals surface area contributed by atoms with Gasteiger partial charge in [0.15, 0.2) is 5.78 Å². The minimum Gasteiger partial charge on any atom is -0.387 e. The van der Waals surface area contributed by atoms with E-state index in [4.69, 9.17) is 0 Å². The molecule has 1 unspecified atom stereocenters. The van der Waals surface area contributed by atoms with Gasteiger partial charge in [-0.2, -0.15) is 0 Å². The molecule has 2 N–H and O–H groups in total. The Labute approximate surface area is 142 Å². The quantitative estimate of drug-likeness (QED) is 0.433. The molecule has 0 saturated carbocycles. The molecule has 0 spiro atoms. The van der Waals surface area contributed by atoms with Gasteiger partial charge >= 0.3 is 0 Å². The fraction of sp³-hybridized carbons (Fsp3) is 0.250. The van der Waals surface area contributed by atoms with E-state index in [1.165, 1.54) is 35.6 Å². The molecule has 0 aliphatic heterocycles. The van der Waals surface area contributed by atoms with Crippen molar-refractivity contribution in [3.63, 3.8) is 0 Å². The van der Waals surface area contributed by atoms with Crippen molar-refractivity contribution in [1.29, 1.82) is 0 Å². The van der Waals surface area contributed by atoms with Gasteiger partial charge in [0.1, 0.15) is 0 Å². The Bertz CT molecular complexity index is 713. The maximum absolute atomic E-state index is 11.8. The number of hydrogen-bond donors (Lipinski definition) is 2. The summed E-state index contributed by atoms with van der Waals surface area (Å²) in [5, 5.41) is 24.9. The van der Waals surface area contributed by atoms with E-state index in [-0.39, 0.29) is 36.8 Å². The third-order valence-corrected chi connectivity index (χ3v) is 4.27. The number of nitrogens with one attached hydrogen (secondary N) is 1. The molecule has 1 aromatic carbocycles. The second-order valence-electron chi connectivity index (χ2n) is 5.07. The summed E-state index contributed by atoms with van der Waals surface area (Å²) in [6, 6.07) is 8.95. The number of non-ortho nitro benzene ring substituents is 1. The van der Waals surface area contributed by atoms with Crippen molar-refractivity contribution in [2.45, 2.75) is 18.9 Å². The Balaban J connectivity index is 1.76. The lowest BCUT2D eigenvalue weighted by molar-refractivity contribution is -0.384. The Kier molecular flexibility index (Phi) is 6.16. The standard InChI is InChI=1S/C16H16N2O5S/c19-13(15-2-1-9-24-15)7-8-16(21)17-10-14(20)11-3-5-12(6-4-11)18(22)23/h1-6,9,14,20H,7-8,10H2,(H,17,21). The lowest BCUT2D eigenvalue weighted by atomic mass is 10.1. The normalized spacial score (nSPS) is 11.7. The van der Waals surface area contributed by atoms with E-state index in [1.54, 1.807) is 17.5 Å². The highest BCUT2D eigenvalue weighted by molar-refractivity contribution is 7.12. The lowest BCUT2D eigenvalue weighted by Gasteiger charge is -2.12. The number of nitro benzene ring substituents is 1. The summed E-state index contributed by atoms with van der Waals surface area (Å²) in [7, 11) is 0. The Morgan fingerprint density at radius 2 is 1.92 bits per heavy atom. The van der Waals surface area contributed by atoms with Gasteiger partial charge in [-0.1, -0.05) is 6.07 Å². The zero-order valence-corrected chi connectivity index (χ0v) is 13.5. The molecule has 0 aliphatic rings. The zero-order valence-electron chi connectivity index (χ0n) is 12.7. The number of nitro groups is 1. The summed E-state index contributed by atoms with van der Waals surface area (Å²) in [5.74, 6) is -0.420. The second-order valence-corrected chi connectivity index (χ2v) is 6.02. The second kappa shape index (κ2) is 8.32. The van der Waals surface area contributed by atoms with Crippen LogP contribution in [0.15, 0.2) is 41.8 Å². The minimum atomic E-state index is -0.970. The number of aliphatic hydroxyl groups excluding tert-OH is 1. The Morgan fingerprint density at radius 1 is 1.21 bits per heavy atom. The number of ketones is 1. The number of carbonyl (C=O) groups is 2. The van der Waals surface area contributed by atoms with Gasteiger partial charge in [-0.05, 0) is 29.1 Å². The molecular weight excluding hydrogens is 332 g/mol. The maximum atomic E-state index is 11.8. The average Bonchev–Trinajstić information content (AvgIpc) is 3.12. The van der Waals surface area contributed by atoms with Crippen LogP contribution in [0.1, 0.15) is 34.2 Å². The predicted molar refractivity (Wildman–Crippen MR) is 88.9 cm³/mol. The first-order valence-electron chi connectivity index (χ1n) is 7.23. The number of aliphatic hydroxyl groups is 1. The van der Waals surface area contributed by atoms with E-state index in [2.05, 4.69) is 5.32 Å². The van der Waals surface area contributed by atoms with Crippen LogP contribution in [0.3, 0.4) is 0 Å². The third kappa shape index (κ3) is 4.97. The molecule has 1 amide bonds. The van der Waals surface area contributed by atoms with Crippen LogP contribution in [0.25, 0.3) is 0 Å². The fourth-order valence-corrected chi connectivity index (χ4v) is 2.72. The minimum absolute atomic E-state index is 0.0240. The van der Waals surface area contributed by atoms with Gasteiger partial charge < -0.3 is 10.4 Å². The average molecular weight is 348 g/mol. The maximum Gasteiger partial charge on any atom is 0.269 e. The van der Waals surface area contributed by atoms with Crippen molar-refractivity contribution in [1.82, 2.24) is 5.32 Å². The number of Topliss-reactive ketones (excluding diaryl/α,β-unsaturated/α-hetero) is 1. The van der Waals surface area contributed by atoms with E-state index in [0.29, 0.717) is 10.4 Å². The third-order valence-electron chi connectivity index (χ3n) is 3.36. The van der Waals surface area contributed by atoms with Crippen LogP contribution in [0.4, 0.5) is 5.69 Å². The van der Waals surface area contributed by atoms with Crippen LogP contribution in [-0.4, -0.2) is 28.3 Å². The number of carbonyl (C=O) groups excluding carboxylic acids is 2.